The molecule has 2 atom stereocenters. The first kappa shape index (κ1) is 13.3. The van der Waals surface area contributed by atoms with E-state index in [2.05, 4.69) is 0 Å². The standard InChI is InChI=1S/C12H16ClNO4/c1-6-11(13)8(16-2)3-9-12(6)17-5-10(18-9)7(15)4-14/h3,7,10,15H,4-5,14H2,1-2H3. The van der Waals surface area contributed by atoms with Crippen molar-refractivity contribution in [3.63, 3.8) is 0 Å². The van der Waals surface area contributed by atoms with Crippen LogP contribution in [0.1, 0.15) is 5.56 Å². The molecule has 0 radical (unpaired) electrons. The van der Waals surface area contributed by atoms with Crippen molar-refractivity contribution in [1.82, 2.24) is 0 Å². The van der Waals surface area contributed by atoms with Crippen LogP contribution < -0.4 is 19.9 Å². The van der Waals surface area contributed by atoms with Crippen LogP contribution in [0.5, 0.6) is 17.2 Å². The Morgan fingerprint density at radius 2 is 2.39 bits per heavy atom. The van der Waals surface area contributed by atoms with Crippen LogP contribution in [0, 0.1) is 6.92 Å². The van der Waals surface area contributed by atoms with Crippen molar-refractivity contribution in [1.29, 1.82) is 0 Å². The van der Waals surface area contributed by atoms with Crippen LogP contribution in [0.15, 0.2) is 6.07 Å². The summed E-state index contributed by atoms with van der Waals surface area (Å²) in [6, 6.07) is 1.65. The van der Waals surface area contributed by atoms with Gasteiger partial charge in [-0.25, -0.2) is 0 Å². The summed E-state index contributed by atoms with van der Waals surface area (Å²) in [5.74, 6) is 1.61. The lowest BCUT2D eigenvalue weighted by Gasteiger charge is -2.30. The van der Waals surface area contributed by atoms with Crippen molar-refractivity contribution in [3.05, 3.63) is 16.7 Å². The van der Waals surface area contributed by atoms with E-state index in [1.54, 1.807) is 6.07 Å². The zero-order valence-electron chi connectivity index (χ0n) is 10.3. The molecular formula is C12H16ClNO4. The number of fused-ring (bicyclic) bond motifs is 1. The third-order valence-corrected chi connectivity index (χ3v) is 3.40. The molecule has 2 unspecified atom stereocenters. The van der Waals surface area contributed by atoms with Gasteiger partial charge in [0.05, 0.1) is 12.1 Å². The molecule has 0 amide bonds. The van der Waals surface area contributed by atoms with Gasteiger partial charge >= 0.3 is 0 Å². The molecule has 100 valence electrons. The summed E-state index contributed by atoms with van der Waals surface area (Å²) in [5.41, 5.74) is 6.16. The summed E-state index contributed by atoms with van der Waals surface area (Å²) in [6.07, 6.45) is -1.24. The summed E-state index contributed by atoms with van der Waals surface area (Å²) in [7, 11) is 1.53. The fraction of sp³-hybridized carbons (Fsp3) is 0.500. The fourth-order valence-corrected chi connectivity index (χ4v) is 2.05. The van der Waals surface area contributed by atoms with Crippen LogP contribution in [0.25, 0.3) is 0 Å². The van der Waals surface area contributed by atoms with Crippen LogP contribution in [-0.2, 0) is 0 Å². The molecule has 6 heteroatoms. The lowest BCUT2D eigenvalue weighted by Crippen LogP contribution is -2.43. The van der Waals surface area contributed by atoms with Gasteiger partial charge in [-0.05, 0) is 6.92 Å². The third kappa shape index (κ3) is 2.21. The predicted molar refractivity (Wildman–Crippen MR) is 67.7 cm³/mol. The molecule has 0 saturated carbocycles. The van der Waals surface area contributed by atoms with Crippen LogP contribution in [0.2, 0.25) is 5.02 Å². The molecule has 5 nitrogen and oxygen atoms in total. The average Bonchev–Trinajstić information content (AvgIpc) is 2.41. The van der Waals surface area contributed by atoms with Gasteiger partial charge in [-0.15, -0.1) is 0 Å². The minimum absolute atomic E-state index is 0.118. The number of methoxy groups -OCH3 is 1. The smallest absolute Gasteiger partial charge is 0.166 e. The van der Waals surface area contributed by atoms with Crippen molar-refractivity contribution < 1.29 is 19.3 Å². The van der Waals surface area contributed by atoms with Crippen LogP contribution >= 0.6 is 11.6 Å². The fourth-order valence-electron chi connectivity index (χ4n) is 1.84. The van der Waals surface area contributed by atoms with Gasteiger partial charge in [0.1, 0.15) is 18.5 Å². The Kier molecular flexibility index (Phi) is 3.85. The van der Waals surface area contributed by atoms with E-state index in [9.17, 15) is 5.11 Å². The molecule has 1 aromatic rings. The van der Waals surface area contributed by atoms with Gasteiger partial charge in [-0.1, -0.05) is 11.6 Å². The second kappa shape index (κ2) is 5.22. The van der Waals surface area contributed by atoms with E-state index in [1.165, 1.54) is 7.11 Å². The van der Waals surface area contributed by atoms with Crippen LogP contribution in [-0.4, -0.2) is 37.6 Å². The Labute approximate surface area is 110 Å². The number of aliphatic hydroxyl groups is 1. The van der Waals surface area contributed by atoms with E-state index in [0.717, 1.165) is 5.56 Å². The molecule has 3 N–H and O–H groups in total. The van der Waals surface area contributed by atoms with Crippen molar-refractivity contribution in [2.45, 2.75) is 19.1 Å². The number of ether oxygens (including phenoxy) is 3. The van der Waals surface area contributed by atoms with E-state index in [1.807, 2.05) is 6.92 Å². The highest BCUT2D eigenvalue weighted by Gasteiger charge is 2.29. The minimum atomic E-state index is -0.764. The number of hydrogen-bond donors (Lipinski definition) is 2. The lowest BCUT2D eigenvalue weighted by atomic mass is 10.1. The zero-order valence-corrected chi connectivity index (χ0v) is 11.0. The van der Waals surface area contributed by atoms with E-state index in [0.29, 0.717) is 22.3 Å². The molecule has 1 aliphatic heterocycles. The number of aliphatic hydroxyl groups excluding tert-OH is 1. The largest absolute Gasteiger partial charge is 0.495 e. The third-order valence-electron chi connectivity index (χ3n) is 2.93. The van der Waals surface area contributed by atoms with Crippen LogP contribution in [0.4, 0.5) is 0 Å². The second-order valence-electron chi connectivity index (χ2n) is 4.12. The molecule has 0 bridgehead atoms. The number of benzene rings is 1. The Morgan fingerprint density at radius 1 is 1.67 bits per heavy atom. The van der Waals surface area contributed by atoms with Crippen molar-refractivity contribution >= 4 is 11.6 Å². The summed E-state index contributed by atoms with van der Waals surface area (Å²) < 4.78 is 16.4. The lowest BCUT2D eigenvalue weighted by molar-refractivity contribution is -0.00577. The Morgan fingerprint density at radius 3 is 3.00 bits per heavy atom. The van der Waals surface area contributed by atoms with E-state index in [-0.39, 0.29) is 13.2 Å². The summed E-state index contributed by atoms with van der Waals surface area (Å²) in [4.78, 5) is 0. The summed E-state index contributed by atoms with van der Waals surface area (Å²) >= 11 is 6.13. The number of rotatable bonds is 3. The molecular weight excluding hydrogens is 258 g/mol. The number of halogens is 1. The molecule has 2 rings (SSSR count). The predicted octanol–water partition coefficient (Wildman–Crippen LogP) is 1.12. The summed E-state index contributed by atoms with van der Waals surface area (Å²) in [6.45, 7) is 2.19. The number of nitrogens with two attached hydrogens (primary N) is 1. The topological polar surface area (TPSA) is 73.9 Å². The molecule has 0 fully saturated rings. The van der Waals surface area contributed by atoms with E-state index < -0.39 is 12.2 Å². The zero-order chi connectivity index (χ0) is 13.3. The van der Waals surface area contributed by atoms with Gasteiger partial charge in [0, 0.05) is 18.2 Å². The van der Waals surface area contributed by atoms with Crippen molar-refractivity contribution in [2.24, 2.45) is 5.73 Å². The molecule has 1 aliphatic rings. The first-order chi connectivity index (χ1) is 8.58. The van der Waals surface area contributed by atoms with Gasteiger partial charge in [-0.3, -0.25) is 0 Å². The van der Waals surface area contributed by atoms with E-state index >= 15 is 0 Å². The van der Waals surface area contributed by atoms with Crippen molar-refractivity contribution in [3.8, 4) is 17.2 Å². The van der Waals surface area contributed by atoms with Crippen LogP contribution in [0.3, 0.4) is 0 Å². The second-order valence-corrected chi connectivity index (χ2v) is 4.49. The van der Waals surface area contributed by atoms with Gasteiger partial charge in [-0.2, -0.15) is 0 Å². The summed E-state index contributed by atoms with van der Waals surface area (Å²) in [5, 5.41) is 10.2. The minimum Gasteiger partial charge on any atom is -0.495 e. The molecule has 1 aromatic carbocycles. The maximum atomic E-state index is 9.67. The Balaban J connectivity index is 2.35. The highest BCUT2D eigenvalue weighted by atomic mass is 35.5. The van der Waals surface area contributed by atoms with E-state index in [4.69, 9.17) is 31.5 Å². The molecule has 0 aromatic heterocycles. The normalized spacial score (nSPS) is 19.5. The van der Waals surface area contributed by atoms with Gasteiger partial charge in [0.25, 0.3) is 0 Å². The Hall–Kier alpha value is -1.17. The molecule has 0 spiro atoms. The first-order valence-electron chi connectivity index (χ1n) is 5.63. The van der Waals surface area contributed by atoms with Gasteiger partial charge < -0.3 is 25.1 Å². The highest BCUT2D eigenvalue weighted by molar-refractivity contribution is 6.33. The first-order valence-corrected chi connectivity index (χ1v) is 6.01. The maximum Gasteiger partial charge on any atom is 0.166 e. The monoisotopic (exact) mass is 273 g/mol. The highest BCUT2D eigenvalue weighted by Crippen LogP contribution is 2.44. The molecule has 0 saturated heterocycles. The molecule has 0 aliphatic carbocycles. The maximum absolute atomic E-state index is 9.67. The average molecular weight is 274 g/mol. The molecule has 18 heavy (non-hydrogen) atoms. The number of hydrogen-bond acceptors (Lipinski definition) is 5. The SMILES string of the molecule is COc1cc2c(c(C)c1Cl)OCC(C(O)CN)O2. The van der Waals surface area contributed by atoms with Gasteiger partial charge in [0.2, 0.25) is 0 Å². The quantitative estimate of drug-likeness (QED) is 0.863. The van der Waals surface area contributed by atoms with Gasteiger partial charge in [0.15, 0.2) is 17.6 Å². The van der Waals surface area contributed by atoms with Crippen molar-refractivity contribution in [2.75, 3.05) is 20.3 Å². The Bertz CT molecular complexity index is 452. The molecule has 1 heterocycles.